The fraction of sp³-hybridized carbons (Fsp3) is 0.324. The quantitative estimate of drug-likeness (QED) is 0.223. The minimum atomic E-state index is -0.538. The zero-order chi connectivity index (χ0) is 30.8. The van der Waals surface area contributed by atoms with E-state index in [1.807, 2.05) is 69.6 Å². The lowest BCUT2D eigenvalue weighted by molar-refractivity contribution is 0.0206. The van der Waals surface area contributed by atoms with Gasteiger partial charge in [0.1, 0.15) is 11.4 Å². The lowest BCUT2D eigenvalue weighted by Gasteiger charge is -2.34. The monoisotopic (exact) mass is 591 g/mol. The van der Waals surface area contributed by atoms with Crippen molar-refractivity contribution in [1.82, 2.24) is 29.6 Å². The van der Waals surface area contributed by atoms with Gasteiger partial charge < -0.3 is 19.7 Å². The first-order valence-electron chi connectivity index (χ1n) is 14.9. The molecule has 10 nitrogen and oxygen atoms in total. The lowest BCUT2D eigenvalue weighted by atomic mass is 10.0. The van der Waals surface area contributed by atoms with Gasteiger partial charge >= 0.3 is 6.09 Å². The van der Waals surface area contributed by atoms with Crippen LogP contribution in [0.4, 0.5) is 10.7 Å². The van der Waals surface area contributed by atoms with Crippen molar-refractivity contribution in [2.45, 2.75) is 59.1 Å². The van der Waals surface area contributed by atoms with Gasteiger partial charge in [0.05, 0.1) is 16.9 Å². The third kappa shape index (κ3) is 6.20. The van der Waals surface area contributed by atoms with Gasteiger partial charge in [-0.1, -0.05) is 24.3 Å². The van der Waals surface area contributed by atoms with E-state index >= 15 is 0 Å². The highest BCUT2D eigenvalue weighted by atomic mass is 16.6. The van der Waals surface area contributed by atoms with E-state index in [0.29, 0.717) is 30.6 Å². The van der Waals surface area contributed by atoms with Gasteiger partial charge in [-0.2, -0.15) is 5.10 Å². The molecule has 2 aromatic carbocycles. The van der Waals surface area contributed by atoms with E-state index in [1.54, 1.807) is 23.5 Å². The molecule has 10 heteroatoms. The third-order valence-corrected chi connectivity index (χ3v) is 7.55. The molecule has 0 saturated carbocycles. The molecule has 0 bridgehead atoms. The van der Waals surface area contributed by atoms with E-state index in [0.717, 1.165) is 51.9 Å². The summed E-state index contributed by atoms with van der Waals surface area (Å²) in [4.78, 5) is 28.3. The van der Waals surface area contributed by atoms with Crippen molar-refractivity contribution in [3.8, 4) is 28.6 Å². The van der Waals surface area contributed by atoms with Gasteiger partial charge in [0.25, 0.3) is 0 Å². The third-order valence-electron chi connectivity index (χ3n) is 7.55. The van der Waals surface area contributed by atoms with E-state index in [-0.39, 0.29) is 12.1 Å². The zero-order valence-corrected chi connectivity index (χ0v) is 25.7. The van der Waals surface area contributed by atoms with Crippen molar-refractivity contribution >= 4 is 22.8 Å². The van der Waals surface area contributed by atoms with Crippen LogP contribution in [0.3, 0.4) is 0 Å². The van der Waals surface area contributed by atoms with Crippen LogP contribution in [0.1, 0.15) is 44.9 Å². The predicted molar refractivity (Wildman–Crippen MR) is 170 cm³/mol. The molecule has 5 aromatic rings. The largest absolute Gasteiger partial charge is 0.444 e. The SMILES string of the molecule is Cc1ccc2c(-n3nccc3C)cccc2c1Oc1ncccc1-c1ccnc(N[C@H]2CCCN(C(=O)OC(C)(C)C)C2)n1. The molecular weight excluding hydrogens is 554 g/mol. The van der Waals surface area contributed by atoms with Crippen LogP contribution in [0, 0.1) is 13.8 Å². The number of pyridine rings is 1. The van der Waals surface area contributed by atoms with E-state index in [9.17, 15) is 4.79 Å². The molecular formula is C34H37N7O3. The van der Waals surface area contributed by atoms with Crippen molar-refractivity contribution < 1.29 is 14.3 Å². The fourth-order valence-electron chi connectivity index (χ4n) is 5.48. The summed E-state index contributed by atoms with van der Waals surface area (Å²) in [6, 6.07) is 17.9. The van der Waals surface area contributed by atoms with E-state index in [4.69, 9.17) is 14.5 Å². The van der Waals surface area contributed by atoms with Crippen LogP contribution in [0.2, 0.25) is 0 Å². The van der Waals surface area contributed by atoms with E-state index < -0.39 is 5.60 Å². The highest BCUT2D eigenvalue weighted by molar-refractivity contribution is 5.96. The molecule has 44 heavy (non-hydrogen) atoms. The number of carbonyl (C=O) groups is 1. The second kappa shape index (κ2) is 11.9. The van der Waals surface area contributed by atoms with Crippen molar-refractivity contribution in [2.24, 2.45) is 0 Å². The van der Waals surface area contributed by atoms with E-state index in [1.165, 1.54) is 0 Å². The maximum Gasteiger partial charge on any atom is 0.410 e. The molecule has 1 aliphatic heterocycles. The first-order valence-corrected chi connectivity index (χ1v) is 14.9. The number of anilines is 1. The minimum absolute atomic E-state index is 0.00193. The number of nitrogens with zero attached hydrogens (tertiary/aromatic N) is 6. The number of aryl methyl sites for hydroxylation is 2. The van der Waals surface area contributed by atoms with Gasteiger partial charge in [-0.3, -0.25) is 0 Å². The van der Waals surface area contributed by atoms with Gasteiger partial charge in [0.2, 0.25) is 11.8 Å². The minimum Gasteiger partial charge on any atom is -0.444 e. The second-order valence-corrected chi connectivity index (χ2v) is 12.1. The maximum atomic E-state index is 12.7. The molecule has 1 saturated heterocycles. The smallest absolute Gasteiger partial charge is 0.410 e. The van der Waals surface area contributed by atoms with Crippen LogP contribution in [0.5, 0.6) is 11.6 Å². The average Bonchev–Trinajstić information content (AvgIpc) is 3.43. The Morgan fingerprint density at radius 1 is 0.955 bits per heavy atom. The van der Waals surface area contributed by atoms with Gasteiger partial charge in [-0.25, -0.2) is 24.4 Å². The number of hydrogen-bond donors (Lipinski definition) is 1. The first-order chi connectivity index (χ1) is 21.2. The number of carbonyl (C=O) groups excluding carboxylic acids is 1. The molecule has 3 aromatic heterocycles. The maximum absolute atomic E-state index is 12.7. The summed E-state index contributed by atoms with van der Waals surface area (Å²) >= 11 is 0. The molecule has 4 heterocycles. The van der Waals surface area contributed by atoms with Gasteiger partial charge in [0, 0.05) is 54.2 Å². The summed E-state index contributed by atoms with van der Waals surface area (Å²) < 4.78 is 14.1. The molecule has 0 spiro atoms. The van der Waals surface area contributed by atoms with Crippen LogP contribution in [-0.4, -0.2) is 60.5 Å². The summed E-state index contributed by atoms with van der Waals surface area (Å²) in [5.74, 6) is 1.65. The standard InChI is InChI=1S/C34H37N7O3/c1-22-13-14-25-26(10-6-12-29(25)41-23(2)15-19-37-41)30(22)43-31-27(11-7-17-35-31)28-16-18-36-32(39-28)38-24-9-8-20-40(21-24)33(42)44-34(3,4)5/h6-7,10-19,24H,8-9,20-21H2,1-5H3,(H,36,38,39)/t24-/m0/s1. The predicted octanol–water partition coefficient (Wildman–Crippen LogP) is 7.10. The molecule has 1 fully saturated rings. The van der Waals surface area contributed by atoms with Crippen LogP contribution in [0.15, 0.2) is 73.2 Å². The zero-order valence-electron chi connectivity index (χ0n) is 25.7. The van der Waals surface area contributed by atoms with Gasteiger partial charge in [-0.15, -0.1) is 0 Å². The molecule has 1 N–H and O–H groups in total. The number of likely N-dealkylation sites (tertiary alicyclic amines) is 1. The molecule has 0 unspecified atom stereocenters. The number of hydrogen-bond acceptors (Lipinski definition) is 8. The Morgan fingerprint density at radius 3 is 2.61 bits per heavy atom. The first kappa shape index (κ1) is 29.1. The Kier molecular flexibility index (Phi) is 7.90. The average molecular weight is 592 g/mol. The Hall–Kier alpha value is -4.99. The Morgan fingerprint density at radius 2 is 1.82 bits per heavy atom. The number of nitrogens with one attached hydrogen (secondary N) is 1. The molecule has 0 aliphatic carbocycles. The van der Waals surface area contributed by atoms with Gasteiger partial charge in [-0.05, 0) is 83.4 Å². The van der Waals surface area contributed by atoms with Crippen LogP contribution in [0.25, 0.3) is 27.7 Å². The Bertz CT molecular complexity index is 1810. The number of benzene rings is 2. The molecule has 1 atom stereocenters. The summed E-state index contributed by atoms with van der Waals surface area (Å²) in [5, 5.41) is 9.94. The number of rotatable bonds is 6. The number of ether oxygens (including phenoxy) is 2. The molecule has 1 amide bonds. The number of fused-ring (bicyclic) bond motifs is 1. The number of piperidine rings is 1. The summed E-state index contributed by atoms with van der Waals surface area (Å²) in [6.45, 7) is 10.9. The molecule has 1 aliphatic rings. The van der Waals surface area contributed by atoms with Crippen molar-refractivity contribution in [3.05, 3.63) is 84.4 Å². The summed E-state index contributed by atoms with van der Waals surface area (Å²) in [6.07, 6.45) is 6.70. The summed E-state index contributed by atoms with van der Waals surface area (Å²) in [7, 11) is 0. The fourth-order valence-corrected chi connectivity index (χ4v) is 5.48. The van der Waals surface area contributed by atoms with Gasteiger partial charge in [0.15, 0.2) is 0 Å². The summed E-state index contributed by atoms with van der Waals surface area (Å²) in [5.41, 5.74) is 3.90. The molecule has 226 valence electrons. The van der Waals surface area contributed by atoms with Crippen molar-refractivity contribution in [2.75, 3.05) is 18.4 Å². The van der Waals surface area contributed by atoms with E-state index in [2.05, 4.69) is 44.6 Å². The van der Waals surface area contributed by atoms with Crippen LogP contribution >= 0.6 is 0 Å². The highest BCUT2D eigenvalue weighted by Crippen LogP contribution is 2.38. The highest BCUT2D eigenvalue weighted by Gasteiger charge is 2.28. The second-order valence-electron chi connectivity index (χ2n) is 12.1. The number of amides is 1. The topological polar surface area (TPSA) is 107 Å². The normalized spacial score (nSPS) is 15.3. The van der Waals surface area contributed by atoms with Crippen LogP contribution in [-0.2, 0) is 4.74 Å². The van der Waals surface area contributed by atoms with Crippen molar-refractivity contribution in [1.29, 1.82) is 0 Å². The Labute approximate surface area is 257 Å². The lowest BCUT2D eigenvalue weighted by Crippen LogP contribution is -2.47. The number of aromatic nitrogens is 5. The molecule has 0 radical (unpaired) electrons. The van der Waals surface area contributed by atoms with Crippen molar-refractivity contribution in [3.63, 3.8) is 0 Å². The Balaban J connectivity index is 1.27. The molecule has 6 rings (SSSR count). The van der Waals surface area contributed by atoms with Crippen LogP contribution < -0.4 is 10.1 Å².